The summed E-state index contributed by atoms with van der Waals surface area (Å²) >= 11 is 5.79. The molecule has 0 saturated carbocycles. The van der Waals surface area contributed by atoms with Gasteiger partial charge in [-0.25, -0.2) is 4.68 Å². The van der Waals surface area contributed by atoms with E-state index in [1.165, 1.54) is 0 Å². The van der Waals surface area contributed by atoms with Gasteiger partial charge in [0.05, 0.1) is 11.9 Å². The first kappa shape index (κ1) is 17.8. The summed E-state index contributed by atoms with van der Waals surface area (Å²) in [4.78, 5) is 13.8. The molecule has 0 radical (unpaired) electrons. The minimum atomic E-state index is -4.52. The van der Waals surface area contributed by atoms with Gasteiger partial charge in [-0.15, -0.1) is 0 Å². The molecule has 0 aliphatic carbocycles. The molecule has 0 atom stereocenters. The van der Waals surface area contributed by atoms with Crippen LogP contribution in [0, 0.1) is 0 Å². The Balaban J connectivity index is 2.74. The molecule has 5 nitrogen and oxygen atoms in total. The minimum Gasteiger partial charge on any atom is -0.381 e. The van der Waals surface area contributed by atoms with Crippen LogP contribution in [-0.4, -0.2) is 47.0 Å². The monoisotopic (exact) mass is 326 g/mol. The molecule has 120 valence electrons. The third-order valence-electron chi connectivity index (χ3n) is 2.95. The van der Waals surface area contributed by atoms with E-state index in [9.17, 15) is 18.0 Å². The van der Waals surface area contributed by atoms with Crippen molar-refractivity contribution in [3.8, 4) is 0 Å². The number of nitrogens with zero attached hydrogens (tertiary/aromatic N) is 3. The van der Waals surface area contributed by atoms with Crippen molar-refractivity contribution in [2.24, 2.45) is 0 Å². The number of halogens is 4. The first-order valence-electron chi connectivity index (χ1n) is 6.57. The van der Waals surface area contributed by atoms with Crippen molar-refractivity contribution in [2.45, 2.75) is 26.6 Å². The highest BCUT2D eigenvalue weighted by atomic mass is 35.5. The third kappa shape index (κ3) is 5.55. The summed E-state index contributed by atoms with van der Waals surface area (Å²) in [6, 6.07) is 0. The van der Waals surface area contributed by atoms with Gasteiger partial charge < -0.3 is 10.2 Å². The predicted molar refractivity (Wildman–Crippen MR) is 75.8 cm³/mol. The molecule has 0 unspecified atom stereocenters. The topological polar surface area (TPSA) is 50.2 Å². The molecule has 0 aliphatic heterocycles. The van der Waals surface area contributed by atoms with Crippen LogP contribution in [0.4, 0.5) is 18.9 Å². The fraction of sp³-hybridized carbons (Fsp3) is 0.667. The largest absolute Gasteiger partial charge is 0.408 e. The van der Waals surface area contributed by atoms with Crippen molar-refractivity contribution in [1.82, 2.24) is 14.7 Å². The molecule has 0 aromatic carbocycles. The van der Waals surface area contributed by atoms with Gasteiger partial charge in [0.15, 0.2) is 0 Å². The molecule has 1 heterocycles. The van der Waals surface area contributed by atoms with E-state index in [4.69, 9.17) is 11.6 Å². The molecule has 1 aromatic rings. The third-order valence-corrected chi connectivity index (χ3v) is 3.32. The van der Waals surface area contributed by atoms with Gasteiger partial charge in [0.2, 0.25) is 0 Å². The Morgan fingerprint density at radius 3 is 2.52 bits per heavy atom. The van der Waals surface area contributed by atoms with Gasteiger partial charge in [-0.2, -0.15) is 18.3 Å². The first-order valence-corrected chi connectivity index (χ1v) is 6.94. The van der Waals surface area contributed by atoms with Crippen LogP contribution in [-0.2, 0) is 6.54 Å². The fourth-order valence-corrected chi connectivity index (χ4v) is 1.97. The van der Waals surface area contributed by atoms with Gasteiger partial charge in [-0.3, -0.25) is 4.79 Å². The molecular weight excluding hydrogens is 309 g/mol. The maximum atomic E-state index is 12.3. The molecule has 0 amide bonds. The summed E-state index contributed by atoms with van der Waals surface area (Å²) in [7, 11) is 0. The van der Waals surface area contributed by atoms with Gasteiger partial charge in [0, 0.05) is 13.1 Å². The summed E-state index contributed by atoms with van der Waals surface area (Å²) in [6.07, 6.45) is -3.38. The normalized spacial score (nSPS) is 12.0. The molecule has 0 aliphatic rings. The average molecular weight is 327 g/mol. The van der Waals surface area contributed by atoms with Gasteiger partial charge in [-0.1, -0.05) is 25.4 Å². The van der Waals surface area contributed by atoms with Crippen LogP contribution in [0.2, 0.25) is 5.02 Å². The number of nitrogens with one attached hydrogen (secondary N) is 1. The van der Waals surface area contributed by atoms with E-state index in [1.54, 1.807) is 0 Å². The molecule has 0 fully saturated rings. The van der Waals surface area contributed by atoms with Crippen LogP contribution in [0.15, 0.2) is 11.0 Å². The number of aromatic nitrogens is 2. The highest BCUT2D eigenvalue weighted by molar-refractivity contribution is 6.32. The maximum Gasteiger partial charge on any atom is 0.408 e. The first-order chi connectivity index (χ1) is 9.78. The van der Waals surface area contributed by atoms with Crippen LogP contribution in [0.3, 0.4) is 0 Å². The van der Waals surface area contributed by atoms with Crippen molar-refractivity contribution in [3.63, 3.8) is 0 Å². The summed E-state index contributed by atoms with van der Waals surface area (Å²) in [5, 5.41) is 6.11. The fourth-order valence-electron chi connectivity index (χ4n) is 1.76. The lowest BCUT2D eigenvalue weighted by molar-refractivity contribution is -0.143. The molecular formula is C12H18ClF3N4O. The Morgan fingerprint density at radius 2 is 2.00 bits per heavy atom. The van der Waals surface area contributed by atoms with Crippen LogP contribution < -0.4 is 10.9 Å². The predicted octanol–water partition coefficient (Wildman–Crippen LogP) is 2.21. The summed E-state index contributed by atoms with van der Waals surface area (Å²) in [5.74, 6) is 0. The van der Waals surface area contributed by atoms with E-state index in [1.807, 2.05) is 13.8 Å². The van der Waals surface area contributed by atoms with Crippen LogP contribution in [0.1, 0.15) is 13.8 Å². The zero-order chi connectivity index (χ0) is 16.0. The van der Waals surface area contributed by atoms with Crippen molar-refractivity contribution in [2.75, 3.05) is 31.5 Å². The Kier molecular flexibility index (Phi) is 6.47. The highest BCUT2D eigenvalue weighted by Crippen LogP contribution is 2.18. The molecule has 0 saturated heterocycles. The molecule has 0 bridgehead atoms. The Hall–Kier alpha value is -1.28. The Bertz CT molecular complexity index is 514. The second kappa shape index (κ2) is 7.65. The lowest BCUT2D eigenvalue weighted by Crippen LogP contribution is -2.32. The number of likely N-dealkylation sites (N-methyl/N-ethyl adjacent to an activating group) is 1. The second-order valence-corrected chi connectivity index (χ2v) is 4.78. The molecule has 1 N–H and O–H groups in total. The van der Waals surface area contributed by atoms with Crippen LogP contribution >= 0.6 is 11.6 Å². The molecule has 1 aromatic heterocycles. The van der Waals surface area contributed by atoms with Crippen molar-refractivity contribution in [3.05, 3.63) is 21.6 Å². The SMILES string of the molecule is CCN(CC)CCNc1cnn(CC(F)(F)F)c(=O)c1Cl. The smallest absolute Gasteiger partial charge is 0.381 e. The van der Waals surface area contributed by atoms with E-state index in [0.29, 0.717) is 11.2 Å². The van der Waals surface area contributed by atoms with Gasteiger partial charge in [-0.05, 0) is 13.1 Å². The van der Waals surface area contributed by atoms with Gasteiger partial charge in [0.25, 0.3) is 5.56 Å². The summed E-state index contributed by atoms with van der Waals surface area (Å²) < 4.78 is 37.1. The van der Waals surface area contributed by atoms with Crippen LogP contribution in [0.25, 0.3) is 0 Å². The summed E-state index contributed by atoms with van der Waals surface area (Å²) in [6.45, 7) is 5.62. The van der Waals surface area contributed by atoms with Crippen molar-refractivity contribution >= 4 is 17.3 Å². The lowest BCUT2D eigenvalue weighted by atomic mass is 10.4. The van der Waals surface area contributed by atoms with E-state index in [-0.39, 0.29) is 10.7 Å². The highest BCUT2D eigenvalue weighted by Gasteiger charge is 2.29. The zero-order valence-corrected chi connectivity index (χ0v) is 12.6. The Labute approximate surface area is 125 Å². The number of hydrogen-bond acceptors (Lipinski definition) is 4. The van der Waals surface area contributed by atoms with Crippen molar-refractivity contribution < 1.29 is 13.2 Å². The Morgan fingerprint density at radius 1 is 1.38 bits per heavy atom. The van der Waals surface area contributed by atoms with E-state index < -0.39 is 18.3 Å². The molecule has 21 heavy (non-hydrogen) atoms. The molecule has 1 rings (SSSR count). The van der Waals surface area contributed by atoms with E-state index in [2.05, 4.69) is 15.3 Å². The number of alkyl halides is 3. The lowest BCUT2D eigenvalue weighted by Gasteiger charge is -2.18. The minimum absolute atomic E-state index is 0.243. The van der Waals surface area contributed by atoms with Crippen molar-refractivity contribution in [1.29, 1.82) is 0 Å². The average Bonchev–Trinajstić information content (AvgIpc) is 2.41. The number of anilines is 1. The number of hydrogen-bond donors (Lipinski definition) is 1. The standard InChI is InChI=1S/C12H18ClF3N4O/c1-3-19(4-2)6-5-17-9-7-18-20(8-12(14,15)16)11(21)10(9)13/h7,17H,3-6,8H2,1-2H3. The van der Waals surface area contributed by atoms with Gasteiger partial charge in [0.1, 0.15) is 11.6 Å². The molecule has 0 spiro atoms. The summed E-state index contributed by atoms with van der Waals surface area (Å²) in [5.41, 5.74) is -0.714. The van der Waals surface area contributed by atoms with Gasteiger partial charge >= 0.3 is 6.18 Å². The maximum absolute atomic E-state index is 12.3. The zero-order valence-electron chi connectivity index (χ0n) is 11.9. The van der Waals surface area contributed by atoms with E-state index in [0.717, 1.165) is 25.8 Å². The molecule has 9 heteroatoms. The number of rotatable bonds is 7. The quantitative estimate of drug-likeness (QED) is 0.834. The van der Waals surface area contributed by atoms with Crippen LogP contribution in [0.5, 0.6) is 0 Å². The second-order valence-electron chi connectivity index (χ2n) is 4.40. The van der Waals surface area contributed by atoms with E-state index >= 15 is 0 Å².